The molecule has 17 heavy (non-hydrogen) atoms. The Bertz CT molecular complexity index is 358. The molecule has 0 bridgehead atoms. The molecule has 0 saturated carbocycles. The van der Waals surface area contributed by atoms with E-state index in [9.17, 15) is 5.11 Å². The Hall–Kier alpha value is -0.130. The molecule has 96 valence electrons. The minimum absolute atomic E-state index is 0.199. The third kappa shape index (κ3) is 3.01. The number of rotatable bonds is 4. The number of piperidine rings is 1. The summed E-state index contributed by atoms with van der Waals surface area (Å²) in [5.74, 6) is 0. The van der Waals surface area contributed by atoms with Gasteiger partial charge in [-0.15, -0.1) is 11.3 Å². The van der Waals surface area contributed by atoms with E-state index in [1.165, 1.54) is 17.7 Å². The SMILES string of the molecule is NCC(c1ccc(Cl)s1)N1CCCCC1CO. The third-order valence-electron chi connectivity index (χ3n) is 3.43. The van der Waals surface area contributed by atoms with Gasteiger partial charge in [-0.1, -0.05) is 18.0 Å². The fraction of sp³-hybridized carbons (Fsp3) is 0.667. The molecule has 3 nitrogen and oxygen atoms in total. The maximum absolute atomic E-state index is 9.45. The lowest BCUT2D eigenvalue weighted by atomic mass is 9.99. The van der Waals surface area contributed by atoms with Gasteiger partial charge in [0.2, 0.25) is 0 Å². The minimum atomic E-state index is 0.199. The van der Waals surface area contributed by atoms with E-state index in [4.69, 9.17) is 17.3 Å². The first-order valence-electron chi connectivity index (χ1n) is 6.08. The third-order valence-corrected chi connectivity index (χ3v) is 4.76. The van der Waals surface area contributed by atoms with Crippen LogP contribution in [0.5, 0.6) is 0 Å². The van der Waals surface area contributed by atoms with E-state index < -0.39 is 0 Å². The van der Waals surface area contributed by atoms with Crippen molar-refractivity contribution >= 4 is 22.9 Å². The molecule has 0 aromatic carbocycles. The van der Waals surface area contributed by atoms with Gasteiger partial charge >= 0.3 is 0 Å². The van der Waals surface area contributed by atoms with Gasteiger partial charge in [0.15, 0.2) is 0 Å². The van der Waals surface area contributed by atoms with Crippen LogP contribution in [0.2, 0.25) is 4.34 Å². The highest BCUT2D eigenvalue weighted by Crippen LogP contribution is 2.33. The molecular weight excluding hydrogens is 256 g/mol. The van der Waals surface area contributed by atoms with Crippen LogP contribution in [0.4, 0.5) is 0 Å². The Labute approximate surface area is 111 Å². The second-order valence-electron chi connectivity index (χ2n) is 4.46. The number of nitrogens with zero attached hydrogens (tertiary/aromatic N) is 1. The summed E-state index contributed by atoms with van der Waals surface area (Å²) < 4.78 is 0.802. The van der Waals surface area contributed by atoms with Crippen LogP contribution in [0.1, 0.15) is 30.2 Å². The van der Waals surface area contributed by atoms with Crippen LogP contribution < -0.4 is 5.73 Å². The van der Waals surface area contributed by atoms with Crippen molar-refractivity contribution < 1.29 is 5.11 Å². The quantitative estimate of drug-likeness (QED) is 0.885. The van der Waals surface area contributed by atoms with E-state index in [-0.39, 0.29) is 18.7 Å². The molecule has 2 atom stereocenters. The fourth-order valence-corrected chi connectivity index (χ4v) is 3.75. The summed E-state index contributed by atoms with van der Waals surface area (Å²) in [5, 5.41) is 9.45. The van der Waals surface area contributed by atoms with Gasteiger partial charge in [-0.25, -0.2) is 0 Å². The van der Waals surface area contributed by atoms with Crippen LogP contribution in [0, 0.1) is 0 Å². The molecule has 2 unspecified atom stereocenters. The maximum Gasteiger partial charge on any atom is 0.0931 e. The van der Waals surface area contributed by atoms with Gasteiger partial charge < -0.3 is 10.8 Å². The molecule has 1 fully saturated rings. The smallest absolute Gasteiger partial charge is 0.0931 e. The summed E-state index contributed by atoms with van der Waals surface area (Å²) >= 11 is 7.57. The van der Waals surface area contributed by atoms with Crippen molar-refractivity contribution in [2.75, 3.05) is 19.7 Å². The molecule has 2 heterocycles. The Morgan fingerprint density at radius 2 is 2.35 bits per heavy atom. The van der Waals surface area contributed by atoms with Gasteiger partial charge in [0.1, 0.15) is 0 Å². The van der Waals surface area contributed by atoms with Crippen LogP contribution >= 0.6 is 22.9 Å². The topological polar surface area (TPSA) is 49.5 Å². The highest BCUT2D eigenvalue weighted by molar-refractivity contribution is 7.16. The maximum atomic E-state index is 9.45. The van der Waals surface area contributed by atoms with Gasteiger partial charge in [-0.05, 0) is 31.5 Å². The van der Waals surface area contributed by atoms with Gasteiger partial charge in [0.05, 0.1) is 17.0 Å². The molecule has 2 rings (SSSR count). The average Bonchev–Trinajstić information content (AvgIpc) is 2.77. The van der Waals surface area contributed by atoms with E-state index in [0.29, 0.717) is 6.54 Å². The lowest BCUT2D eigenvalue weighted by Crippen LogP contribution is -2.46. The number of aliphatic hydroxyl groups excluding tert-OH is 1. The normalized spacial score (nSPS) is 23.8. The first-order chi connectivity index (χ1) is 8.26. The fourth-order valence-electron chi connectivity index (χ4n) is 2.55. The molecule has 5 heteroatoms. The molecule has 3 N–H and O–H groups in total. The summed E-state index contributed by atoms with van der Waals surface area (Å²) in [6, 6.07) is 4.42. The van der Waals surface area contributed by atoms with Gasteiger partial charge in [-0.2, -0.15) is 0 Å². The van der Waals surface area contributed by atoms with Gasteiger partial charge in [0, 0.05) is 17.5 Å². The average molecular weight is 275 g/mol. The van der Waals surface area contributed by atoms with Crippen LogP contribution in [0.15, 0.2) is 12.1 Å². The van der Waals surface area contributed by atoms with Crippen molar-refractivity contribution in [1.82, 2.24) is 4.90 Å². The zero-order chi connectivity index (χ0) is 12.3. The van der Waals surface area contributed by atoms with Crippen molar-refractivity contribution in [2.24, 2.45) is 5.73 Å². The molecule has 1 aromatic rings. The monoisotopic (exact) mass is 274 g/mol. The molecule has 1 aliphatic rings. The van der Waals surface area contributed by atoms with Crippen molar-refractivity contribution in [1.29, 1.82) is 0 Å². The highest BCUT2D eigenvalue weighted by Gasteiger charge is 2.29. The zero-order valence-electron chi connectivity index (χ0n) is 9.81. The van der Waals surface area contributed by atoms with E-state index in [1.807, 2.05) is 12.1 Å². The second-order valence-corrected chi connectivity index (χ2v) is 6.21. The molecular formula is C12H19ClN2OS. The summed E-state index contributed by atoms with van der Waals surface area (Å²) in [4.78, 5) is 3.55. The van der Waals surface area contributed by atoms with Crippen LogP contribution in [0.3, 0.4) is 0 Å². The Kier molecular flexibility index (Phi) is 4.82. The summed E-state index contributed by atoms with van der Waals surface area (Å²) in [7, 11) is 0. The first-order valence-corrected chi connectivity index (χ1v) is 7.27. The molecule has 0 amide bonds. The number of aliphatic hydroxyl groups is 1. The predicted molar refractivity (Wildman–Crippen MR) is 72.6 cm³/mol. The standard InChI is InChI=1S/C12H19ClN2OS/c13-12-5-4-11(17-12)10(7-14)15-6-2-1-3-9(15)8-16/h4-5,9-10,16H,1-3,6-8,14H2. The largest absolute Gasteiger partial charge is 0.395 e. The minimum Gasteiger partial charge on any atom is -0.395 e. The molecule has 1 aliphatic heterocycles. The van der Waals surface area contributed by atoms with E-state index in [1.54, 1.807) is 11.3 Å². The Morgan fingerprint density at radius 3 is 2.94 bits per heavy atom. The first kappa shape index (κ1) is 13.3. The van der Waals surface area contributed by atoms with E-state index in [0.717, 1.165) is 17.3 Å². The number of hydrogen-bond donors (Lipinski definition) is 2. The molecule has 1 saturated heterocycles. The zero-order valence-corrected chi connectivity index (χ0v) is 11.4. The van der Waals surface area contributed by atoms with Crippen LogP contribution in [-0.4, -0.2) is 35.7 Å². The molecule has 0 aliphatic carbocycles. The summed E-state index contributed by atoms with van der Waals surface area (Å²) in [6.07, 6.45) is 3.45. The molecule has 0 radical (unpaired) electrons. The Balaban J connectivity index is 2.16. The number of likely N-dealkylation sites (tertiary alicyclic amines) is 1. The second kappa shape index (κ2) is 6.16. The number of thiophene rings is 1. The lowest BCUT2D eigenvalue weighted by Gasteiger charge is -2.39. The van der Waals surface area contributed by atoms with Crippen LogP contribution in [0.25, 0.3) is 0 Å². The van der Waals surface area contributed by atoms with Crippen molar-refractivity contribution in [3.8, 4) is 0 Å². The van der Waals surface area contributed by atoms with Gasteiger partial charge in [-0.3, -0.25) is 4.90 Å². The summed E-state index contributed by atoms with van der Waals surface area (Å²) in [5.41, 5.74) is 5.90. The van der Waals surface area contributed by atoms with Crippen molar-refractivity contribution in [3.05, 3.63) is 21.3 Å². The number of nitrogens with two attached hydrogens (primary N) is 1. The van der Waals surface area contributed by atoms with Crippen molar-refractivity contribution in [2.45, 2.75) is 31.3 Å². The Morgan fingerprint density at radius 1 is 1.53 bits per heavy atom. The number of hydrogen-bond acceptors (Lipinski definition) is 4. The highest BCUT2D eigenvalue weighted by atomic mass is 35.5. The summed E-state index contributed by atoms with van der Waals surface area (Å²) in [6.45, 7) is 1.81. The number of halogens is 1. The predicted octanol–water partition coefficient (Wildman–Crippen LogP) is 2.25. The van der Waals surface area contributed by atoms with Gasteiger partial charge in [0.25, 0.3) is 0 Å². The van der Waals surface area contributed by atoms with E-state index >= 15 is 0 Å². The van der Waals surface area contributed by atoms with Crippen LogP contribution in [-0.2, 0) is 0 Å². The van der Waals surface area contributed by atoms with Crippen molar-refractivity contribution in [3.63, 3.8) is 0 Å². The molecule has 1 aromatic heterocycles. The molecule has 0 spiro atoms. The van der Waals surface area contributed by atoms with E-state index in [2.05, 4.69) is 4.90 Å². The lowest BCUT2D eigenvalue weighted by molar-refractivity contribution is 0.0565.